The van der Waals surface area contributed by atoms with Gasteiger partial charge in [0.15, 0.2) is 0 Å². The number of hydrogen-bond acceptors (Lipinski definition) is 3. The Morgan fingerprint density at radius 1 is 1.20 bits per heavy atom. The van der Waals surface area contributed by atoms with Gasteiger partial charge in [-0.05, 0) is 5.56 Å². The standard InChI is InChI=1S/C14H21N3O.2ClH/c1-16(11-13-5-3-2-4-6-13)14(18)12-17-9-7-15-8-10-17;;/h2-6,15H,7-12H2,1H3;2*1H. The second kappa shape index (κ2) is 10.00. The fourth-order valence-corrected chi connectivity index (χ4v) is 2.13. The molecule has 114 valence electrons. The number of nitrogens with one attached hydrogen (secondary N) is 1. The van der Waals surface area contributed by atoms with E-state index in [0.717, 1.165) is 26.2 Å². The summed E-state index contributed by atoms with van der Waals surface area (Å²) in [5.41, 5.74) is 1.17. The van der Waals surface area contributed by atoms with Crippen molar-refractivity contribution in [3.63, 3.8) is 0 Å². The predicted molar refractivity (Wildman–Crippen MR) is 86.7 cm³/mol. The summed E-state index contributed by atoms with van der Waals surface area (Å²) in [5.74, 6) is 0.195. The molecule has 1 saturated heterocycles. The highest BCUT2D eigenvalue weighted by atomic mass is 35.5. The van der Waals surface area contributed by atoms with Crippen molar-refractivity contribution in [2.45, 2.75) is 6.54 Å². The van der Waals surface area contributed by atoms with Crippen LogP contribution in [0.3, 0.4) is 0 Å². The molecule has 0 bridgehead atoms. The summed E-state index contributed by atoms with van der Waals surface area (Å²) < 4.78 is 0. The first kappa shape index (κ1) is 19.2. The summed E-state index contributed by atoms with van der Waals surface area (Å²) in [4.78, 5) is 16.1. The Balaban J connectivity index is 0.00000180. The van der Waals surface area contributed by atoms with Crippen LogP contribution < -0.4 is 5.32 Å². The molecule has 1 aliphatic rings. The fourth-order valence-electron chi connectivity index (χ4n) is 2.13. The largest absolute Gasteiger partial charge is 0.340 e. The van der Waals surface area contributed by atoms with Gasteiger partial charge in [0, 0.05) is 39.8 Å². The summed E-state index contributed by atoms with van der Waals surface area (Å²) in [7, 11) is 1.87. The van der Waals surface area contributed by atoms with Gasteiger partial charge in [0.25, 0.3) is 0 Å². The Hall–Kier alpha value is -0.810. The molecule has 0 radical (unpaired) electrons. The van der Waals surface area contributed by atoms with E-state index in [4.69, 9.17) is 0 Å². The number of amides is 1. The molecule has 1 N–H and O–H groups in total. The van der Waals surface area contributed by atoms with Crippen LogP contribution in [0.25, 0.3) is 0 Å². The van der Waals surface area contributed by atoms with Crippen LogP contribution in [0, 0.1) is 0 Å². The van der Waals surface area contributed by atoms with Gasteiger partial charge in [-0.25, -0.2) is 0 Å². The van der Waals surface area contributed by atoms with Crippen molar-refractivity contribution in [3.05, 3.63) is 35.9 Å². The monoisotopic (exact) mass is 319 g/mol. The highest BCUT2D eigenvalue weighted by molar-refractivity contribution is 5.85. The SMILES string of the molecule is CN(Cc1ccccc1)C(=O)CN1CCNCC1.Cl.Cl. The maximum absolute atomic E-state index is 12.1. The first-order valence-electron chi connectivity index (χ1n) is 6.46. The van der Waals surface area contributed by atoms with Gasteiger partial charge < -0.3 is 10.2 Å². The minimum atomic E-state index is 0. The van der Waals surface area contributed by atoms with Crippen LogP contribution in [-0.4, -0.2) is 55.5 Å². The van der Waals surface area contributed by atoms with Crippen molar-refractivity contribution < 1.29 is 4.79 Å². The average molecular weight is 320 g/mol. The Morgan fingerprint density at radius 2 is 1.80 bits per heavy atom. The van der Waals surface area contributed by atoms with E-state index in [1.54, 1.807) is 4.90 Å². The molecule has 1 aromatic rings. The number of carbonyl (C=O) groups is 1. The lowest BCUT2D eigenvalue weighted by Crippen LogP contribution is -2.47. The number of likely N-dealkylation sites (N-methyl/N-ethyl adjacent to an activating group) is 1. The number of nitrogens with zero attached hydrogens (tertiary/aromatic N) is 2. The second-order valence-electron chi connectivity index (χ2n) is 4.76. The van der Waals surface area contributed by atoms with E-state index >= 15 is 0 Å². The zero-order valence-electron chi connectivity index (χ0n) is 11.7. The van der Waals surface area contributed by atoms with Crippen molar-refractivity contribution in [1.29, 1.82) is 0 Å². The van der Waals surface area contributed by atoms with E-state index < -0.39 is 0 Å². The van der Waals surface area contributed by atoms with Crippen molar-refractivity contribution in [3.8, 4) is 0 Å². The van der Waals surface area contributed by atoms with Crippen molar-refractivity contribution >= 4 is 30.7 Å². The van der Waals surface area contributed by atoms with Gasteiger partial charge in [-0.1, -0.05) is 30.3 Å². The maximum Gasteiger partial charge on any atom is 0.236 e. The molecule has 1 heterocycles. The van der Waals surface area contributed by atoms with Gasteiger partial charge >= 0.3 is 0 Å². The van der Waals surface area contributed by atoms with Crippen LogP contribution in [-0.2, 0) is 11.3 Å². The highest BCUT2D eigenvalue weighted by Gasteiger charge is 2.16. The minimum Gasteiger partial charge on any atom is -0.340 e. The molecule has 1 fully saturated rings. The zero-order valence-corrected chi connectivity index (χ0v) is 13.4. The van der Waals surface area contributed by atoms with E-state index in [1.165, 1.54) is 5.56 Å². The van der Waals surface area contributed by atoms with Crippen molar-refractivity contribution in [2.75, 3.05) is 39.8 Å². The van der Waals surface area contributed by atoms with Crippen LogP contribution in [0.2, 0.25) is 0 Å². The molecule has 0 atom stereocenters. The smallest absolute Gasteiger partial charge is 0.236 e. The molecule has 0 aromatic heterocycles. The minimum absolute atomic E-state index is 0. The lowest BCUT2D eigenvalue weighted by molar-refractivity contribution is -0.131. The van der Waals surface area contributed by atoms with Gasteiger partial charge in [0.1, 0.15) is 0 Å². The van der Waals surface area contributed by atoms with Crippen LogP contribution in [0.4, 0.5) is 0 Å². The van der Waals surface area contributed by atoms with E-state index in [1.807, 2.05) is 25.2 Å². The summed E-state index contributed by atoms with van der Waals surface area (Å²) in [6.07, 6.45) is 0. The maximum atomic E-state index is 12.1. The third-order valence-electron chi connectivity index (χ3n) is 3.26. The summed E-state index contributed by atoms with van der Waals surface area (Å²) in [6, 6.07) is 10.1. The Morgan fingerprint density at radius 3 is 2.40 bits per heavy atom. The highest BCUT2D eigenvalue weighted by Crippen LogP contribution is 2.03. The molecular weight excluding hydrogens is 297 g/mol. The van der Waals surface area contributed by atoms with Gasteiger partial charge in [0.2, 0.25) is 5.91 Å². The lowest BCUT2D eigenvalue weighted by atomic mass is 10.2. The summed E-state index contributed by atoms with van der Waals surface area (Å²) >= 11 is 0. The fraction of sp³-hybridized carbons (Fsp3) is 0.500. The van der Waals surface area contributed by atoms with E-state index in [2.05, 4.69) is 22.3 Å². The Kier molecular flexibility index (Phi) is 9.59. The first-order chi connectivity index (χ1) is 8.75. The molecule has 0 spiro atoms. The van der Waals surface area contributed by atoms with Gasteiger partial charge in [-0.15, -0.1) is 24.8 Å². The van der Waals surface area contributed by atoms with Crippen LogP contribution >= 0.6 is 24.8 Å². The summed E-state index contributed by atoms with van der Waals surface area (Å²) in [5, 5.41) is 3.29. The lowest BCUT2D eigenvalue weighted by Gasteiger charge is -2.28. The average Bonchev–Trinajstić information content (AvgIpc) is 2.41. The molecule has 0 saturated carbocycles. The third kappa shape index (κ3) is 6.09. The van der Waals surface area contributed by atoms with Crippen molar-refractivity contribution in [1.82, 2.24) is 15.1 Å². The van der Waals surface area contributed by atoms with Gasteiger partial charge in [0.05, 0.1) is 6.54 Å². The first-order valence-corrected chi connectivity index (χ1v) is 6.46. The quantitative estimate of drug-likeness (QED) is 0.911. The van der Waals surface area contributed by atoms with Crippen LogP contribution in [0.1, 0.15) is 5.56 Å². The molecule has 1 amide bonds. The molecule has 20 heavy (non-hydrogen) atoms. The number of hydrogen-bond donors (Lipinski definition) is 1. The number of piperazine rings is 1. The number of rotatable bonds is 4. The topological polar surface area (TPSA) is 35.6 Å². The molecule has 6 heteroatoms. The van der Waals surface area contributed by atoms with E-state index in [9.17, 15) is 4.79 Å². The van der Waals surface area contributed by atoms with Gasteiger partial charge in [-0.3, -0.25) is 9.69 Å². The normalized spacial score (nSPS) is 14.8. The second-order valence-corrected chi connectivity index (χ2v) is 4.76. The van der Waals surface area contributed by atoms with Crippen molar-refractivity contribution in [2.24, 2.45) is 0 Å². The molecule has 2 rings (SSSR count). The molecule has 0 unspecified atom stereocenters. The Bertz CT molecular complexity index is 383. The number of halogens is 2. The van der Waals surface area contributed by atoms with Crippen LogP contribution in [0.5, 0.6) is 0 Å². The van der Waals surface area contributed by atoms with E-state index in [0.29, 0.717) is 13.1 Å². The molecule has 1 aliphatic heterocycles. The molecule has 4 nitrogen and oxygen atoms in total. The molecular formula is C14H23Cl2N3O. The number of carbonyl (C=O) groups excluding carboxylic acids is 1. The van der Waals surface area contributed by atoms with Gasteiger partial charge in [-0.2, -0.15) is 0 Å². The third-order valence-corrected chi connectivity index (χ3v) is 3.26. The van der Waals surface area contributed by atoms with Crippen LogP contribution in [0.15, 0.2) is 30.3 Å². The molecule has 0 aliphatic carbocycles. The number of benzene rings is 1. The molecule has 1 aromatic carbocycles. The predicted octanol–water partition coefficient (Wildman–Crippen LogP) is 1.39. The van der Waals surface area contributed by atoms with E-state index in [-0.39, 0.29) is 30.7 Å². The Labute approximate surface area is 133 Å². The zero-order chi connectivity index (χ0) is 12.8. The summed E-state index contributed by atoms with van der Waals surface area (Å²) in [6.45, 7) is 5.11.